The third kappa shape index (κ3) is 7.27. The minimum atomic E-state index is -0.363. The van der Waals surface area contributed by atoms with Crippen molar-refractivity contribution < 1.29 is 9.53 Å². The Labute approximate surface area is 168 Å². The Balaban J connectivity index is 0.00000190. The van der Waals surface area contributed by atoms with Gasteiger partial charge in [0.2, 0.25) is 0 Å². The molecule has 5 heteroatoms. The Morgan fingerprint density at radius 1 is 1.04 bits per heavy atom. The minimum Gasteiger partial charge on any atom is -0.490 e. The molecule has 0 heterocycles. The summed E-state index contributed by atoms with van der Waals surface area (Å²) in [4.78, 5) is 16.4. The second kappa shape index (κ2) is 12.3. The van der Waals surface area contributed by atoms with Crippen LogP contribution in [0.4, 0.5) is 5.69 Å². The Hall–Kier alpha value is -3.08. The fourth-order valence-electron chi connectivity index (χ4n) is 2.39. The normalized spacial score (nSPS) is 10.9. The minimum absolute atomic E-state index is 0.175. The molecule has 0 saturated carbocycles. The summed E-state index contributed by atoms with van der Waals surface area (Å²) in [6, 6.07) is 14.0. The van der Waals surface area contributed by atoms with Gasteiger partial charge in [-0.2, -0.15) is 0 Å². The van der Waals surface area contributed by atoms with Crippen LogP contribution in [0.1, 0.15) is 36.1 Å². The van der Waals surface area contributed by atoms with Crippen LogP contribution in [0.2, 0.25) is 0 Å². The number of nitrogens with zero attached hydrogens (tertiary/aromatic N) is 1. The van der Waals surface area contributed by atoms with Gasteiger partial charge in [0.05, 0.1) is 20.0 Å². The van der Waals surface area contributed by atoms with Crippen molar-refractivity contribution in [1.29, 1.82) is 0 Å². The van der Waals surface area contributed by atoms with Gasteiger partial charge in [-0.3, -0.25) is 9.79 Å². The highest BCUT2D eigenvalue weighted by molar-refractivity contribution is 5.98. The van der Waals surface area contributed by atoms with Crippen molar-refractivity contribution >= 4 is 17.9 Å². The Kier molecular flexibility index (Phi) is 10.1. The number of rotatable bonds is 7. The third-order valence-corrected chi connectivity index (χ3v) is 4.05. The van der Waals surface area contributed by atoms with E-state index in [0.29, 0.717) is 6.54 Å². The van der Waals surface area contributed by atoms with E-state index in [2.05, 4.69) is 35.5 Å². The highest BCUT2D eigenvalue weighted by Gasteiger charge is 2.08. The van der Waals surface area contributed by atoms with E-state index < -0.39 is 0 Å². The smallest absolute Gasteiger partial charge is 0.292 e. The maximum absolute atomic E-state index is 12.2. The van der Waals surface area contributed by atoms with Gasteiger partial charge in [0, 0.05) is 11.9 Å². The molecule has 0 radical (unpaired) electrons. The SMILES string of the molecule is CC.CO/C(=C/Nc1cc(C)c(C)cc1C)C(=O)NC=NCc1ccccc1. The summed E-state index contributed by atoms with van der Waals surface area (Å²) in [6.07, 6.45) is 2.95. The lowest BCUT2D eigenvalue weighted by molar-refractivity contribution is -0.118. The standard InChI is InChI=1S/C21H25N3O2.C2H6/c1-15-10-17(3)19(11-16(15)2)23-13-20(26-4)21(25)24-14-22-12-18-8-6-5-7-9-18;1-2/h5-11,13-14,23H,12H2,1-4H3,(H,22,24,25);1-2H3/b20-13+;. The van der Waals surface area contributed by atoms with Crippen molar-refractivity contribution in [2.45, 2.75) is 41.2 Å². The van der Waals surface area contributed by atoms with Gasteiger partial charge in [-0.05, 0) is 49.1 Å². The molecule has 28 heavy (non-hydrogen) atoms. The molecule has 0 unspecified atom stereocenters. The molecular formula is C23H31N3O2. The first-order chi connectivity index (χ1) is 13.5. The van der Waals surface area contributed by atoms with E-state index in [4.69, 9.17) is 4.74 Å². The Bertz CT molecular complexity index is 812. The van der Waals surface area contributed by atoms with Crippen LogP contribution >= 0.6 is 0 Å². The first-order valence-electron chi connectivity index (χ1n) is 9.43. The molecule has 0 atom stereocenters. The van der Waals surface area contributed by atoms with Gasteiger partial charge in [-0.15, -0.1) is 0 Å². The average Bonchev–Trinajstić information content (AvgIpc) is 2.71. The molecule has 0 aliphatic heterocycles. The highest BCUT2D eigenvalue weighted by Crippen LogP contribution is 2.20. The molecule has 0 spiro atoms. The number of aryl methyl sites for hydroxylation is 3. The molecule has 0 fully saturated rings. The van der Waals surface area contributed by atoms with Crippen LogP contribution in [-0.4, -0.2) is 19.4 Å². The second-order valence-corrected chi connectivity index (χ2v) is 6.04. The first-order valence-corrected chi connectivity index (χ1v) is 9.43. The molecule has 0 aliphatic carbocycles. The topological polar surface area (TPSA) is 62.7 Å². The summed E-state index contributed by atoms with van der Waals surface area (Å²) in [7, 11) is 1.46. The zero-order valence-electron chi connectivity index (χ0n) is 17.7. The number of carbonyl (C=O) groups excluding carboxylic acids is 1. The first kappa shape index (κ1) is 23.0. The summed E-state index contributed by atoms with van der Waals surface area (Å²) in [5.41, 5.74) is 5.53. The van der Waals surface area contributed by atoms with Crippen LogP contribution in [-0.2, 0) is 16.1 Å². The lowest BCUT2D eigenvalue weighted by Crippen LogP contribution is -2.24. The van der Waals surface area contributed by atoms with E-state index in [1.807, 2.05) is 57.2 Å². The quantitative estimate of drug-likeness (QED) is 0.311. The number of methoxy groups -OCH3 is 1. The summed E-state index contributed by atoms with van der Waals surface area (Å²) >= 11 is 0. The zero-order chi connectivity index (χ0) is 20.9. The van der Waals surface area contributed by atoms with Crippen LogP contribution in [0.5, 0.6) is 0 Å². The lowest BCUT2D eigenvalue weighted by atomic mass is 10.1. The van der Waals surface area contributed by atoms with Crippen LogP contribution in [0.25, 0.3) is 0 Å². The molecule has 0 aromatic heterocycles. The summed E-state index contributed by atoms with van der Waals surface area (Å²) < 4.78 is 5.17. The van der Waals surface area contributed by atoms with Crippen molar-refractivity contribution in [3.63, 3.8) is 0 Å². The third-order valence-electron chi connectivity index (χ3n) is 4.05. The molecule has 2 rings (SSSR count). The van der Waals surface area contributed by atoms with E-state index in [1.54, 1.807) is 6.20 Å². The van der Waals surface area contributed by atoms with Gasteiger partial charge in [-0.25, -0.2) is 0 Å². The molecule has 2 N–H and O–H groups in total. The maximum atomic E-state index is 12.2. The average molecular weight is 382 g/mol. The van der Waals surface area contributed by atoms with Crippen LogP contribution in [0.15, 0.2) is 59.4 Å². The Morgan fingerprint density at radius 3 is 2.32 bits per heavy atom. The molecule has 0 saturated heterocycles. The van der Waals surface area contributed by atoms with Gasteiger partial charge in [0.1, 0.15) is 0 Å². The highest BCUT2D eigenvalue weighted by atomic mass is 16.5. The molecule has 150 valence electrons. The Morgan fingerprint density at radius 2 is 1.68 bits per heavy atom. The number of aliphatic imine (C=N–C) groups is 1. The predicted molar refractivity (Wildman–Crippen MR) is 117 cm³/mol. The monoisotopic (exact) mass is 381 g/mol. The number of carbonyl (C=O) groups is 1. The predicted octanol–water partition coefficient (Wildman–Crippen LogP) is 4.88. The van der Waals surface area contributed by atoms with Crippen molar-refractivity contribution in [1.82, 2.24) is 5.32 Å². The maximum Gasteiger partial charge on any atom is 0.292 e. The van der Waals surface area contributed by atoms with Crippen LogP contribution in [0, 0.1) is 20.8 Å². The van der Waals surface area contributed by atoms with Crippen LogP contribution in [0.3, 0.4) is 0 Å². The van der Waals surface area contributed by atoms with E-state index >= 15 is 0 Å². The summed E-state index contributed by atoms with van der Waals surface area (Å²) in [6.45, 7) is 10.7. The number of hydrogen-bond donors (Lipinski definition) is 2. The number of hydrogen-bond acceptors (Lipinski definition) is 4. The summed E-state index contributed by atoms with van der Waals surface area (Å²) in [5.74, 6) is -0.188. The largest absolute Gasteiger partial charge is 0.490 e. The van der Waals surface area contributed by atoms with E-state index in [0.717, 1.165) is 16.8 Å². The van der Waals surface area contributed by atoms with Gasteiger partial charge >= 0.3 is 0 Å². The second-order valence-electron chi connectivity index (χ2n) is 6.04. The lowest BCUT2D eigenvalue weighted by Gasteiger charge is -2.11. The van der Waals surface area contributed by atoms with Gasteiger partial charge < -0.3 is 15.4 Å². The molecule has 5 nitrogen and oxygen atoms in total. The van der Waals surface area contributed by atoms with Gasteiger partial charge in [0.15, 0.2) is 5.76 Å². The number of nitrogens with one attached hydrogen (secondary N) is 2. The molecular weight excluding hydrogens is 350 g/mol. The van der Waals surface area contributed by atoms with Gasteiger partial charge in [-0.1, -0.05) is 50.2 Å². The van der Waals surface area contributed by atoms with Crippen molar-refractivity contribution in [2.75, 3.05) is 12.4 Å². The summed E-state index contributed by atoms with van der Waals surface area (Å²) in [5, 5.41) is 5.75. The van der Waals surface area contributed by atoms with Crippen molar-refractivity contribution in [3.05, 3.63) is 76.7 Å². The molecule has 2 aromatic carbocycles. The van der Waals surface area contributed by atoms with Gasteiger partial charge in [0.25, 0.3) is 5.91 Å². The number of ether oxygens (including phenoxy) is 1. The zero-order valence-corrected chi connectivity index (χ0v) is 17.7. The van der Waals surface area contributed by atoms with E-state index in [1.165, 1.54) is 24.6 Å². The molecule has 1 amide bonds. The molecule has 0 bridgehead atoms. The van der Waals surface area contributed by atoms with Crippen LogP contribution < -0.4 is 10.6 Å². The molecule has 2 aromatic rings. The number of anilines is 1. The van der Waals surface area contributed by atoms with E-state index in [-0.39, 0.29) is 11.7 Å². The van der Waals surface area contributed by atoms with Crippen molar-refractivity contribution in [3.8, 4) is 0 Å². The fourth-order valence-corrected chi connectivity index (χ4v) is 2.39. The molecule has 0 aliphatic rings. The number of benzene rings is 2. The fraction of sp³-hybridized carbons (Fsp3) is 0.304. The van der Waals surface area contributed by atoms with Crippen molar-refractivity contribution in [2.24, 2.45) is 4.99 Å². The number of amides is 1. The van der Waals surface area contributed by atoms with E-state index in [9.17, 15) is 4.79 Å².